The van der Waals surface area contributed by atoms with Crippen LogP contribution in [0.3, 0.4) is 0 Å². The number of hydrogen-bond acceptors (Lipinski definition) is 4. The fourth-order valence-corrected chi connectivity index (χ4v) is 3.07. The van der Waals surface area contributed by atoms with Crippen molar-refractivity contribution in [2.24, 2.45) is 5.73 Å². The first-order valence-electron chi connectivity index (χ1n) is 5.84. The van der Waals surface area contributed by atoms with Crippen LogP contribution >= 0.6 is 0 Å². The van der Waals surface area contributed by atoms with Crippen LogP contribution in [0.5, 0.6) is 0 Å². The maximum atomic E-state index is 11.7. The monoisotopic (exact) mass is 268 g/mol. The molecule has 1 saturated carbocycles. The standard InChI is InChI=1S/C12H16N2O3S/c13-8-10-4-2-1-3-9(10)7-12(15)14-18(16,17)11-5-6-11/h1-4,11H,5-8,13H2,(H,14,15). The molecule has 3 N–H and O–H groups in total. The molecule has 1 aliphatic carbocycles. The van der Waals surface area contributed by atoms with Crippen molar-refractivity contribution in [1.82, 2.24) is 4.72 Å². The third-order valence-corrected chi connectivity index (χ3v) is 4.77. The summed E-state index contributed by atoms with van der Waals surface area (Å²) in [5, 5.41) is -0.383. The summed E-state index contributed by atoms with van der Waals surface area (Å²) in [7, 11) is -3.46. The number of carbonyl (C=O) groups is 1. The van der Waals surface area contributed by atoms with Gasteiger partial charge in [0.15, 0.2) is 0 Å². The Morgan fingerprint density at radius 1 is 1.28 bits per heavy atom. The lowest BCUT2D eigenvalue weighted by atomic mass is 10.0. The SMILES string of the molecule is NCc1ccccc1CC(=O)NS(=O)(=O)C1CC1. The second kappa shape index (κ2) is 5.07. The summed E-state index contributed by atoms with van der Waals surface area (Å²) in [4.78, 5) is 11.7. The highest BCUT2D eigenvalue weighted by Crippen LogP contribution is 2.27. The molecule has 2 rings (SSSR count). The molecule has 0 bridgehead atoms. The summed E-state index contributed by atoms with van der Waals surface area (Å²) in [6.45, 7) is 0.332. The van der Waals surface area contributed by atoms with Gasteiger partial charge in [-0.2, -0.15) is 0 Å². The molecule has 98 valence electrons. The Labute approximate surface area is 106 Å². The van der Waals surface area contributed by atoms with Crippen molar-refractivity contribution in [3.8, 4) is 0 Å². The van der Waals surface area contributed by atoms with Gasteiger partial charge < -0.3 is 5.73 Å². The maximum Gasteiger partial charge on any atom is 0.237 e. The summed E-state index contributed by atoms with van der Waals surface area (Å²) >= 11 is 0. The van der Waals surface area contributed by atoms with E-state index in [-0.39, 0.29) is 11.7 Å². The number of sulfonamides is 1. The number of nitrogens with two attached hydrogens (primary N) is 1. The van der Waals surface area contributed by atoms with Crippen LogP contribution in [0, 0.1) is 0 Å². The van der Waals surface area contributed by atoms with E-state index in [1.54, 1.807) is 12.1 Å². The van der Waals surface area contributed by atoms with Crippen LogP contribution in [-0.2, 0) is 27.8 Å². The normalized spacial score (nSPS) is 15.4. The number of hydrogen-bond donors (Lipinski definition) is 2. The van der Waals surface area contributed by atoms with Gasteiger partial charge in [-0.3, -0.25) is 9.52 Å². The van der Waals surface area contributed by atoms with Crippen LogP contribution in [0.25, 0.3) is 0 Å². The average Bonchev–Trinajstić information content (AvgIpc) is 3.12. The lowest BCUT2D eigenvalue weighted by molar-refractivity contribution is -0.118. The van der Waals surface area contributed by atoms with Gasteiger partial charge in [0.1, 0.15) is 0 Å². The average molecular weight is 268 g/mol. The third-order valence-electron chi connectivity index (χ3n) is 2.91. The van der Waals surface area contributed by atoms with E-state index in [9.17, 15) is 13.2 Å². The van der Waals surface area contributed by atoms with Crippen molar-refractivity contribution in [1.29, 1.82) is 0 Å². The molecule has 0 unspecified atom stereocenters. The molecule has 6 heteroatoms. The zero-order chi connectivity index (χ0) is 13.2. The van der Waals surface area contributed by atoms with Crippen LogP contribution in [0.15, 0.2) is 24.3 Å². The molecule has 0 saturated heterocycles. The second-order valence-corrected chi connectivity index (χ2v) is 6.38. The molecule has 1 aromatic carbocycles. The molecule has 0 atom stereocenters. The van der Waals surface area contributed by atoms with Crippen LogP contribution in [0.4, 0.5) is 0 Å². The Balaban J connectivity index is 2.03. The fraction of sp³-hybridized carbons (Fsp3) is 0.417. The smallest absolute Gasteiger partial charge is 0.237 e. The van der Waals surface area contributed by atoms with Gasteiger partial charge in [0.2, 0.25) is 15.9 Å². The number of nitrogens with one attached hydrogen (secondary N) is 1. The summed E-state index contributed by atoms with van der Waals surface area (Å²) < 4.78 is 25.3. The quantitative estimate of drug-likeness (QED) is 0.803. The van der Waals surface area contributed by atoms with E-state index in [4.69, 9.17) is 5.73 Å². The molecule has 5 nitrogen and oxygen atoms in total. The number of amides is 1. The second-order valence-electron chi connectivity index (χ2n) is 4.42. The van der Waals surface area contributed by atoms with Crippen LogP contribution < -0.4 is 10.5 Å². The Morgan fingerprint density at radius 3 is 2.44 bits per heavy atom. The molecular weight excluding hydrogens is 252 g/mol. The van der Waals surface area contributed by atoms with Crippen molar-refractivity contribution in [3.05, 3.63) is 35.4 Å². The summed E-state index contributed by atoms with van der Waals surface area (Å²) in [6, 6.07) is 7.26. The molecule has 0 aliphatic heterocycles. The Morgan fingerprint density at radius 2 is 1.89 bits per heavy atom. The summed E-state index contributed by atoms with van der Waals surface area (Å²) in [6.07, 6.45) is 1.32. The topological polar surface area (TPSA) is 89.3 Å². The number of carbonyl (C=O) groups excluding carboxylic acids is 1. The molecule has 18 heavy (non-hydrogen) atoms. The van der Waals surface area contributed by atoms with E-state index in [1.807, 2.05) is 12.1 Å². The molecule has 1 aromatic rings. The maximum absolute atomic E-state index is 11.7. The van der Waals surface area contributed by atoms with Gasteiger partial charge in [-0.15, -0.1) is 0 Å². The molecule has 0 radical (unpaired) electrons. The molecule has 1 fully saturated rings. The van der Waals surface area contributed by atoms with E-state index in [1.165, 1.54) is 0 Å². The lowest BCUT2D eigenvalue weighted by Crippen LogP contribution is -2.34. The molecule has 0 aromatic heterocycles. The largest absolute Gasteiger partial charge is 0.326 e. The zero-order valence-electron chi connectivity index (χ0n) is 9.93. The van der Waals surface area contributed by atoms with E-state index < -0.39 is 15.9 Å². The molecule has 0 heterocycles. The van der Waals surface area contributed by atoms with Gasteiger partial charge in [-0.05, 0) is 24.0 Å². The first-order valence-corrected chi connectivity index (χ1v) is 7.39. The zero-order valence-corrected chi connectivity index (χ0v) is 10.7. The minimum absolute atomic E-state index is 0.0410. The van der Waals surface area contributed by atoms with Crippen molar-refractivity contribution >= 4 is 15.9 Å². The predicted octanol–water partition coefficient (Wildman–Crippen LogP) is 0.296. The number of benzene rings is 1. The summed E-state index contributed by atoms with van der Waals surface area (Å²) in [5.74, 6) is -0.497. The van der Waals surface area contributed by atoms with Gasteiger partial charge in [-0.1, -0.05) is 24.3 Å². The molecule has 0 spiro atoms. The van der Waals surface area contributed by atoms with E-state index >= 15 is 0 Å². The van der Waals surface area contributed by atoms with Gasteiger partial charge in [-0.25, -0.2) is 8.42 Å². The highest BCUT2D eigenvalue weighted by Gasteiger charge is 2.36. The highest BCUT2D eigenvalue weighted by molar-refractivity contribution is 7.90. The van der Waals surface area contributed by atoms with Crippen LogP contribution in [-0.4, -0.2) is 19.6 Å². The van der Waals surface area contributed by atoms with Gasteiger partial charge in [0.05, 0.1) is 11.7 Å². The van der Waals surface area contributed by atoms with Crippen molar-refractivity contribution in [2.75, 3.05) is 0 Å². The fourth-order valence-electron chi connectivity index (χ4n) is 1.76. The van der Waals surface area contributed by atoms with Gasteiger partial charge >= 0.3 is 0 Å². The summed E-state index contributed by atoms with van der Waals surface area (Å²) in [5.41, 5.74) is 7.19. The van der Waals surface area contributed by atoms with Crippen LogP contribution in [0.2, 0.25) is 0 Å². The number of rotatable bonds is 5. The Hall–Kier alpha value is -1.40. The van der Waals surface area contributed by atoms with E-state index in [0.717, 1.165) is 11.1 Å². The molecular formula is C12H16N2O3S. The van der Waals surface area contributed by atoms with Crippen molar-refractivity contribution in [3.63, 3.8) is 0 Å². The Kier molecular flexibility index (Phi) is 3.68. The van der Waals surface area contributed by atoms with E-state index in [0.29, 0.717) is 19.4 Å². The van der Waals surface area contributed by atoms with Gasteiger partial charge in [0, 0.05) is 6.54 Å². The first-order chi connectivity index (χ1) is 8.53. The minimum Gasteiger partial charge on any atom is -0.326 e. The lowest BCUT2D eigenvalue weighted by Gasteiger charge is -2.08. The van der Waals surface area contributed by atoms with Crippen molar-refractivity contribution in [2.45, 2.75) is 31.1 Å². The van der Waals surface area contributed by atoms with Crippen molar-refractivity contribution < 1.29 is 13.2 Å². The first kappa shape index (κ1) is 13.0. The highest BCUT2D eigenvalue weighted by atomic mass is 32.2. The Bertz CT molecular complexity index is 550. The van der Waals surface area contributed by atoms with Crippen LogP contribution in [0.1, 0.15) is 24.0 Å². The van der Waals surface area contributed by atoms with E-state index in [2.05, 4.69) is 4.72 Å². The third kappa shape index (κ3) is 3.08. The molecule has 1 aliphatic rings. The minimum atomic E-state index is -3.46. The van der Waals surface area contributed by atoms with Gasteiger partial charge in [0.25, 0.3) is 0 Å². The molecule has 1 amide bonds. The predicted molar refractivity (Wildman–Crippen MR) is 68.1 cm³/mol.